The molecule has 5 nitrogen and oxygen atoms in total. The molecular formula is C10H13N3O2. The molecule has 0 bridgehead atoms. The van der Waals surface area contributed by atoms with Gasteiger partial charge in [-0.05, 0) is 12.1 Å². The Balaban J connectivity index is 2.42. The first kappa shape index (κ1) is 11.3. The second-order valence-electron chi connectivity index (χ2n) is 2.98. The molecule has 2 N–H and O–H groups in total. The van der Waals surface area contributed by atoms with Crippen LogP contribution < -0.4 is 11.3 Å². The zero-order chi connectivity index (χ0) is 11.1. The molecule has 80 valence electrons. The Hall–Kier alpha value is -1.80. The summed E-state index contributed by atoms with van der Waals surface area (Å²) in [6, 6.07) is 5.25. The highest BCUT2D eigenvalue weighted by molar-refractivity contribution is 5.33. The van der Waals surface area contributed by atoms with Crippen molar-refractivity contribution in [1.82, 2.24) is 4.57 Å². The Bertz CT molecular complexity index is 406. The maximum absolute atomic E-state index is 11.4. The number of aromatic nitrogens is 1. The highest BCUT2D eigenvalue weighted by atomic mass is 16.5. The van der Waals surface area contributed by atoms with Gasteiger partial charge in [-0.15, -0.1) is 0 Å². The van der Waals surface area contributed by atoms with E-state index in [0.29, 0.717) is 26.2 Å². The molecule has 0 unspecified atom stereocenters. The lowest BCUT2D eigenvalue weighted by Crippen LogP contribution is -2.23. The van der Waals surface area contributed by atoms with Crippen LogP contribution in [0, 0.1) is 11.3 Å². The van der Waals surface area contributed by atoms with E-state index in [2.05, 4.69) is 0 Å². The van der Waals surface area contributed by atoms with Crippen molar-refractivity contribution < 1.29 is 4.74 Å². The average molecular weight is 207 g/mol. The molecule has 0 saturated carbocycles. The van der Waals surface area contributed by atoms with Gasteiger partial charge in [0.25, 0.3) is 5.56 Å². The summed E-state index contributed by atoms with van der Waals surface area (Å²) in [6.07, 6.45) is 2.03. The molecule has 15 heavy (non-hydrogen) atoms. The molecule has 1 aromatic rings. The second kappa shape index (κ2) is 5.83. The topological polar surface area (TPSA) is 81.0 Å². The lowest BCUT2D eigenvalue weighted by atomic mass is 10.4. The fourth-order valence-corrected chi connectivity index (χ4v) is 1.11. The molecule has 0 aliphatic heterocycles. The summed E-state index contributed by atoms with van der Waals surface area (Å²) in [5.41, 5.74) is 5.48. The molecule has 0 saturated heterocycles. The number of nitrogens with zero attached hydrogens (tertiary/aromatic N) is 2. The normalized spacial score (nSPS) is 9.80. The minimum Gasteiger partial charge on any atom is -0.394 e. The van der Waals surface area contributed by atoms with Crippen molar-refractivity contribution in [2.45, 2.75) is 13.0 Å². The van der Waals surface area contributed by atoms with Crippen molar-refractivity contribution in [3.63, 3.8) is 0 Å². The number of rotatable bonds is 5. The fourth-order valence-electron chi connectivity index (χ4n) is 1.11. The van der Waals surface area contributed by atoms with Gasteiger partial charge in [0.05, 0.1) is 31.4 Å². The van der Waals surface area contributed by atoms with Gasteiger partial charge in [-0.1, -0.05) is 0 Å². The largest absolute Gasteiger partial charge is 0.394 e. The van der Waals surface area contributed by atoms with Crippen LogP contribution in [-0.2, 0) is 11.3 Å². The van der Waals surface area contributed by atoms with Crippen LogP contribution in [0.5, 0.6) is 0 Å². The fraction of sp³-hybridized carbons (Fsp3) is 0.400. The first-order chi connectivity index (χ1) is 7.25. The third kappa shape index (κ3) is 3.44. The summed E-state index contributed by atoms with van der Waals surface area (Å²) < 4.78 is 6.64. The molecule has 0 spiro atoms. The van der Waals surface area contributed by atoms with E-state index in [9.17, 15) is 4.79 Å². The number of nitrogens with two attached hydrogens (primary N) is 1. The average Bonchev–Trinajstić information content (AvgIpc) is 2.24. The monoisotopic (exact) mass is 207 g/mol. The predicted octanol–water partition coefficient (Wildman–Crippen LogP) is 0.361. The lowest BCUT2D eigenvalue weighted by molar-refractivity contribution is 0.131. The van der Waals surface area contributed by atoms with Crippen LogP contribution in [0.1, 0.15) is 6.42 Å². The van der Waals surface area contributed by atoms with Crippen molar-refractivity contribution in [2.24, 2.45) is 0 Å². The minimum atomic E-state index is -0.207. The zero-order valence-electron chi connectivity index (χ0n) is 8.35. The van der Waals surface area contributed by atoms with Crippen LogP contribution in [0.25, 0.3) is 0 Å². The molecule has 0 aliphatic rings. The molecule has 5 heteroatoms. The van der Waals surface area contributed by atoms with Crippen molar-refractivity contribution >= 4 is 5.69 Å². The minimum absolute atomic E-state index is 0.207. The number of ether oxygens (including phenoxy) is 1. The number of nitriles is 1. The van der Waals surface area contributed by atoms with Crippen molar-refractivity contribution in [2.75, 3.05) is 18.9 Å². The van der Waals surface area contributed by atoms with E-state index in [1.807, 2.05) is 6.07 Å². The molecule has 1 aromatic heterocycles. The first-order valence-corrected chi connectivity index (χ1v) is 4.65. The van der Waals surface area contributed by atoms with E-state index < -0.39 is 0 Å². The van der Waals surface area contributed by atoms with E-state index in [4.69, 9.17) is 15.7 Å². The Morgan fingerprint density at radius 3 is 3.07 bits per heavy atom. The molecule has 0 aromatic carbocycles. The first-order valence-electron chi connectivity index (χ1n) is 4.65. The van der Waals surface area contributed by atoms with Gasteiger partial charge < -0.3 is 15.0 Å². The van der Waals surface area contributed by atoms with Crippen LogP contribution in [0.4, 0.5) is 5.69 Å². The number of anilines is 1. The van der Waals surface area contributed by atoms with Crippen LogP contribution in [0.15, 0.2) is 23.1 Å². The summed E-state index contributed by atoms with van der Waals surface area (Å²) >= 11 is 0. The maximum atomic E-state index is 11.4. The van der Waals surface area contributed by atoms with Gasteiger partial charge in [0.2, 0.25) is 0 Å². The van der Waals surface area contributed by atoms with Gasteiger partial charge in [0.15, 0.2) is 0 Å². The Morgan fingerprint density at radius 1 is 1.53 bits per heavy atom. The van der Waals surface area contributed by atoms with Crippen molar-refractivity contribution in [1.29, 1.82) is 5.26 Å². The van der Waals surface area contributed by atoms with E-state index in [0.717, 1.165) is 0 Å². The number of nitrogen functional groups attached to an aromatic ring is 1. The summed E-state index contributed by atoms with van der Waals surface area (Å²) in [4.78, 5) is 11.4. The molecular weight excluding hydrogens is 194 g/mol. The third-order valence-electron chi connectivity index (χ3n) is 1.88. The number of hydrogen-bond donors (Lipinski definition) is 1. The van der Waals surface area contributed by atoms with Crippen LogP contribution in [0.2, 0.25) is 0 Å². The number of pyridine rings is 1. The molecule has 0 fully saturated rings. The maximum Gasteiger partial charge on any atom is 0.273 e. The van der Waals surface area contributed by atoms with Gasteiger partial charge in [0.1, 0.15) is 0 Å². The van der Waals surface area contributed by atoms with Gasteiger partial charge in [0, 0.05) is 12.7 Å². The molecule has 0 atom stereocenters. The SMILES string of the molecule is N#CCCOCCn1cccc(N)c1=O. The summed E-state index contributed by atoms with van der Waals surface area (Å²) in [5, 5.41) is 8.26. The molecule has 0 amide bonds. The van der Waals surface area contributed by atoms with Gasteiger partial charge in [-0.25, -0.2) is 0 Å². The highest BCUT2D eigenvalue weighted by Gasteiger charge is 1.98. The Labute approximate surface area is 87.7 Å². The van der Waals surface area contributed by atoms with E-state index >= 15 is 0 Å². The molecule has 0 aliphatic carbocycles. The predicted molar refractivity (Wildman–Crippen MR) is 56.2 cm³/mol. The van der Waals surface area contributed by atoms with Gasteiger partial charge in [-0.3, -0.25) is 4.79 Å². The van der Waals surface area contributed by atoms with Crippen molar-refractivity contribution in [3.8, 4) is 6.07 Å². The molecule has 0 radical (unpaired) electrons. The Kier molecular flexibility index (Phi) is 4.38. The van der Waals surface area contributed by atoms with Gasteiger partial charge >= 0.3 is 0 Å². The molecule has 1 heterocycles. The van der Waals surface area contributed by atoms with Gasteiger partial charge in [-0.2, -0.15) is 5.26 Å². The van der Waals surface area contributed by atoms with Crippen LogP contribution in [0.3, 0.4) is 0 Å². The van der Waals surface area contributed by atoms with Crippen molar-refractivity contribution in [3.05, 3.63) is 28.7 Å². The van der Waals surface area contributed by atoms with Crippen LogP contribution >= 0.6 is 0 Å². The Morgan fingerprint density at radius 2 is 2.33 bits per heavy atom. The van der Waals surface area contributed by atoms with E-state index in [1.54, 1.807) is 18.3 Å². The summed E-state index contributed by atoms with van der Waals surface area (Å²) in [7, 11) is 0. The number of hydrogen-bond acceptors (Lipinski definition) is 4. The highest BCUT2D eigenvalue weighted by Crippen LogP contribution is 1.92. The van der Waals surface area contributed by atoms with E-state index in [1.165, 1.54) is 4.57 Å². The second-order valence-corrected chi connectivity index (χ2v) is 2.98. The quantitative estimate of drug-likeness (QED) is 0.707. The van der Waals surface area contributed by atoms with Crippen LogP contribution in [-0.4, -0.2) is 17.8 Å². The third-order valence-corrected chi connectivity index (χ3v) is 1.88. The zero-order valence-corrected chi connectivity index (χ0v) is 8.35. The van der Waals surface area contributed by atoms with E-state index in [-0.39, 0.29) is 11.2 Å². The summed E-state index contributed by atoms with van der Waals surface area (Å²) in [6.45, 7) is 1.26. The summed E-state index contributed by atoms with van der Waals surface area (Å²) in [5.74, 6) is 0. The standard InChI is InChI=1S/C10H13N3O2/c11-4-2-7-15-8-6-13-5-1-3-9(12)10(13)14/h1,3,5H,2,6-8,12H2. The lowest BCUT2D eigenvalue weighted by Gasteiger charge is -2.06. The molecule has 1 rings (SSSR count). The smallest absolute Gasteiger partial charge is 0.273 e.